The summed E-state index contributed by atoms with van der Waals surface area (Å²) in [5.74, 6) is 0.317. The van der Waals surface area contributed by atoms with E-state index >= 15 is 0 Å². The zero-order valence-electron chi connectivity index (χ0n) is 18.1. The zero-order valence-corrected chi connectivity index (χ0v) is 18.1. The molecule has 0 spiro atoms. The molecular formula is C21H23F3N6O3. The maximum atomic E-state index is 12.5. The molecule has 9 nitrogen and oxygen atoms in total. The highest BCUT2D eigenvalue weighted by molar-refractivity contribution is 5.71. The first kappa shape index (κ1) is 23.9. The van der Waals surface area contributed by atoms with Gasteiger partial charge in [0.2, 0.25) is 0 Å². The number of aryl methyl sites for hydroxylation is 2. The van der Waals surface area contributed by atoms with Gasteiger partial charge in [-0.05, 0) is 31.5 Å². The maximum absolute atomic E-state index is 12.5. The van der Waals surface area contributed by atoms with Crippen LogP contribution < -0.4 is 21.3 Å². The third-order valence-electron chi connectivity index (χ3n) is 4.96. The minimum absolute atomic E-state index is 0.0573. The number of aromatic nitrogens is 4. The summed E-state index contributed by atoms with van der Waals surface area (Å²) in [6, 6.07) is 5.95. The highest BCUT2D eigenvalue weighted by Gasteiger charge is 2.29. The molecule has 0 aliphatic carbocycles. The number of ether oxygens (including phenoxy) is 1. The highest BCUT2D eigenvalue weighted by Crippen LogP contribution is 2.25. The van der Waals surface area contributed by atoms with E-state index in [0.717, 1.165) is 12.8 Å². The molecule has 2 aromatic heterocycles. The molecule has 33 heavy (non-hydrogen) atoms. The van der Waals surface area contributed by atoms with Crippen LogP contribution in [0.1, 0.15) is 38.1 Å². The molecule has 0 bridgehead atoms. The summed E-state index contributed by atoms with van der Waals surface area (Å²) >= 11 is 0. The Hall–Kier alpha value is -3.75. The molecule has 0 fully saturated rings. The molecule has 3 aromatic rings. The normalized spacial score (nSPS) is 11.5. The van der Waals surface area contributed by atoms with E-state index in [9.17, 15) is 28.0 Å². The number of unbranched alkanes of at least 4 members (excludes halogenated alkanes) is 1. The van der Waals surface area contributed by atoms with Crippen LogP contribution in [0.2, 0.25) is 0 Å². The van der Waals surface area contributed by atoms with Crippen LogP contribution in [-0.2, 0) is 19.6 Å². The standard InChI is InChI=1S/C21H23F3N6O3/c1-3-5-8-30-18-17(19(31)28-20(30)32)29(4-2)16(27-18)11-26-14-6-7-15(13(9-14)10-25)33-12-21(22,23)24/h6-7,9,26H,3-5,8,11-12H2,1-2H3,(H,28,31,32). The number of benzene rings is 1. The predicted octanol–water partition coefficient (Wildman–Crippen LogP) is 3.13. The van der Waals surface area contributed by atoms with Gasteiger partial charge in [-0.1, -0.05) is 13.3 Å². The molecule has 0 atom stereocenters. The molecule has 176 valence electrons. The monoisotopic (exact) mass is 464 g/mol. The lowest BCUT2D eigenvalue weighted by Crippen LogP contribution is -2.31. The number of hydrogen-bond acceptors (Lipinski definition) is 6. The van der Waals surface area contributed by atoms with E-state index in [1.54, 1.807) is 4.57 Å². The average molecular weight is 464 g/mol. The summed E-state index contributed by atoms with van der Waals surface area (Å²) in [7, 11) is 0. The maximum Gasteiger partial charge on any atom is 0.422 e. The Morgan fingerprint density at radius 3 is 2.64 bits per heavy atom. The van der Waals surface area contributed by atoms with Crippen molar-refractivity contribution >= 4 is 16.9 Å². The number of H-pyrrole nitrogens is 1. The molecule has 2 N–H and O–H groups in total. The predicted molar refractivity (Wildman–Crippen MR) is 115 cm³/mol. The number of aromatic amines is 1. The third kappa shape index (κ3) is 5.36. The molecule has 3 rings (SSSR count). The smallest absolute Gasteiger partial charge is 0.422 e. The van der Waals surface area contributed by atoms with Crippen LogP contribution >= 0.6 is 0 Å². The lowest BCUT2D eigenvalue weighted by atomic mass is 10.2. The topological polar surface area (TPSA) is 118 Å². The molecule has 0 saturated heterocycles. The molecule has 2 heterocycles. The van der Waals surface area contributed by atoms with Crippen LogP contribution in [0.25, 0.3) is 11.2 Å². The van der Waals surface area contributed by atoms with Gasteiger partial charge >= 0.3 is 11.9 Å². The van der Waals surface area contributed by atoms with Gasteiger partial charge in [0.1, 0.15) is 17.6 Å². The van der Waals surface area contributed by atoms with Crippen molar-refractivity contribution in [2.75, 3.05) is 11.9 Å². The highest BCUT2D eigenvalue weighted by atomic mass is 19.4. The molecule has 0 radical (unpaired) electrons. The first-order valence-corrected chi connectivity index (χ1v) is 10.4. The Bertz CT molecular complexity index is 1300. The SMILES string of the molecule is CCCCn1c(=O)[nH]c(=O)c2c1nc(CNc1ccc(OCC(F)(F)F)c(C#N)c1)n2CC. The van der Waals surface area contributed by atoms with Gasteiger partial charge < -0.3 is 14.6 Å². The van der Waals surface area contributed by atoms with Gasteiger partial charge in [0, 0.05) is 18.8 Å². The summed E-state index contributed by atoms with van der Waals surface area (Å²) in [4.78, 5) is 31.6. The molecule has 0 saturated carbocycles. The van der Waals surface area contributed by atoms with E-state index in [0.29, 0.717) is 35.8 Å². The number of anilines is 1. The second-order valence-corrected chi connectivity index (χ2v) is 7.29. The van der Waals surface area contributed by atoms with Gasteiger partial charge in [-0.2, -0.15) is 18.4 Å². The van der Waals surface area contributed by atoms with Gasteiger partial charge in [0.15, 0.2) is 17.8 Å². The van der Waals surface area contributed by atoms with E-state index in [1.807, 2.05) is 19.9 Å². The summed E-state index contributed by atoms with van der Waals surface area (Å²) in [5, 5.41) is 12.3. The molecule has 0 amide bonds. The average Bonchev–Trinajstić information content (AvgIpc) is 3.14. The fourth-order valence-electron chi connectivity index (χ4n) is 3.41. The van der Waals surface area contributed by atoms with Crippen molar-refractivity contribution in [1.29, 1.82) is 5.26 Å². The molecule has 0 aliphatic rings. The van der Waals surface area contributed by atoms with Crippen LogP contribution in [-0.4, -0.2) is 31.9 Å². The van der Waals surface area contributed by atoms with Crippen molar-refractivity contribution in [3.05, 3.63) is 50.4 Å². The second-order valence-electron chi connectivity index (χ2n) is 7.29. The van der Waals surface area contributed by atoms with E-state index in [1.165, 1.54) is 22.8 Å². The Labute approximate surface area is 186 Å². The summed E-state index contributed by atoms with van der Waals surface area (Å²) in [6.07, 6.45) is -2.91. The molecule has 12 heteroatoms. The fourth-order valence-corrected chi connectivity index (χ4v) is 3.41. The second kappa shape index (κ2) is 9.81. The quantitative estimate of drug-likeness (QED) is 0.502. The van der Waals surface area contributed by atoms with Crippen molar-refractivity contribution in [3.63, 3.8) is 0 Å². The van der Waals surface area contributed by atoms with Gasteiger partial charge in [-0.3, -0.25) is 14.3 Å². The van der Waals surface area contributed by atoms with Gasteiger partial charge in [-0.25, -0.2) is 9.78 Å². The number of nitriles is 1. The number of alkyl halides is 3. The Balaban J connectivity index is 1.90. The number of fused-ring (bicyclic) bond motifs is 1. The molecule has 0 unspecified atom stereocenters. The van der Waals surface area contributed by atoms with E-state index in [4.69, 9.17) is 4.74 Å². The van der Waals surface area contributed by atoms with Crippen LogP contribution in [0, 0.1) is 11.3 Å². The minimum Gasteiger partial charge on any atom is -0.483 e. The zero-order chi connectivity index (χ0) is 24.2. The van der Waals surface area contributed by atoms with Crippen LogP contribution in [0.15, 0.2) is 27.8 Å². The first-order valence-electron chi connectivity index (χ1n) is 10.4. The van der Waals surface area contributed by atoms with Crippen molar-refractivity contribution < 1.29 is 17.9 Å². The van der Waals surface area contributed by atoms with E-state index in [2.05, 4.69) is 15.3 Å². The molecule has 1 aromatic carbocycles. The van der Waals surface area contributed by atoms with Gasteiger partial charge in [-0.15, -0.1) is 0 Å². The summed E-state index contributed by atoms with van der Waals surface area (Å²) in [5.41, 5.74) is -0.0605. The Kier molecular flexibility index (Phi) is 7.10. The fraction of sp³-hybridized carbons (Fsp3) is 0.429. The summed E-state index contributed by atoms with van der Waals surface area (Å²) < 4.78 is 45.0. The number of hydrogen-bond donors (Lipinski definition) is 2. The Morgan fingerprint density at radius 2 is 2.00 bits per heavy atom. The van der Waals surface area contributed by atoms with Crippen molar-refractivity contribution in [2.24, 2.45) is 0 Å². The number of nitrogens with one attached hydrogen (secondary N) is 2. The van der Waals surface area contributed by atoms with Crippen molar-refractivity contribution in [3.8, 4) is 11.8 Å². The number of nitrogens with zero attached hydrogens (tertiary/aromatic N) is 4. The number of halogens is 3. The number of imidazole rings is 1. The van der Waals surface area contributed by atoms with Crippen LogP contribution in [0.4, 0.5) is 18.9 Å². The summed E-state index contributed by atoms with van der Waals surface area (Å²) in [6.45, 7) is 3.33. The van der Waals surface area contributed by atoms with Crippen LogP contribution in [0.5, 0.6) is 5.75 Å². The molecular weight excluding hydrogens is 441 g/mol. The largest absolute Gasteiger partial charge is 0.483 e. The molecule has 0 aliphatic heterocycles. The first-order chi connectivity index (χ1) is 15.7. The van der Waals surface area contributed by atoms with Crippen LogP contribution in [0.3, 0.4) is 0 Å². The van der Waals surface area contributed by atoms with Gasteiger partial charge in [0.25, 0.3) is 5.56 Å². The lowest BCUT2D eigenvalue weighted by Gasteiger charge is -2.12. The van der Waals surface area contributed by atoms with E-state index < -0.39 is 24.0 Å². The van der Waals surface area contributed by atoms with Crippen molar-refractivity contribution in [2.45, 2.75) is 52.5 Å². The minimum atomic E-state index is -4.52. The Morgan fingerprint density at radius 1 is 1.24 bits per heavy atom. The lowest BCUT2D eigenvalue weighted by molar-refractivity contribution is -0.153. The van der Waals surface area contributed by atoms with E-state index in [-0.39, 0.29) is 17.9 Å². The van der Waals surface area contributed by atoms with Gasteiger partial charge in [0.05, 0.1) is 12.1 Å². The third-order valence-corrected chi connectivity index (χ3v) is 4.96. The van der Waals surface area contributed by atoms with Crippen molar-refractivity contribution in [1.82, 2.24) is 19.1 Å². The number of rotatable bonds is 9.